The molecule has 0 aliphatic carbocycles. The van der Waals surface area contributed by atoms with E-state index in [1.54, 1.807) is 19.2 Å². The summed E-state index contributed by atoms with van der Waals surface area (Å²) in [5.41, 5.74) is 4.98. The van der Waals surface area contributed by atoms with Gasteiger partial charge in [-0.1, -0.05) is 41.5 Å². The van der Waals surface area contributed by atoms with Gasteiger partial charge in [-0.3, -0.25) is 4.99 Å². The van der Waals surface area contributed by atoms with Crippen LogP contribution in [0.4, 0.5) is 0 Å². The SMILES string of the molecule is CN=C(NCCc1ccc(S(C)(=O)=O)cc1)NCCc1cc(C)cc(C)c1. The maximum absolute atomic E-state index is 11.5. The van der Waals surface area contributed by atoms with Crippen molar-refractivity contribution in [1.29, 1.82) is 0 Å². The molecule has 0 aliphatic heterocycles. The summed E-state index contributed by atoms with van der Waals surface area (Å²) < 4.78 is 23.0. The lowest BCUT2D eigenvalue weighted by Gasteiger charge is -2.12. The van der Waals surface area contributed by atoms with Crippen molar-refractivity contribution in [2.45, 2.75) is 31.6 Å². The molecule has 0 saturated carbocycles. The largest absolute Gasteiger partial charge is 0.356 e. The Morgan fingerprint density at radius 2 is 1.41 bits per heavy atom. The van der Waals surface area contributed by atoms with Crippen LogP contribution in [0.3, 0.4) is 0 Å². The molecule has 0 heterocycles. The van der Waals surface area contributed by atoms with Gasteiger partial charge in [0.05, 0.1) is 4.90 Å². The number of benzene rings is 2. The monoisotopic (exact) mass is 387 g/mol. The average Bonchev–Trinajstić information content (AvgIpc) is 2.59. The Morgan fingerprint density at radius 1 is 0.889 bits per heavy atom. The first-order chi connectivity index (χ1) is 12.8. The zero-order chi connectivity index (χ0) is 19.9. The highest BCUT2D eigenvalue weighted by Crippen LogP contribution is 2.11. The fraction of sp³-hybridized carbons (Fsp3) is 0.381. The second-order valence-electron chi connectivity index (χ2n) is 6.84. The van der Waals surface area contributed by atoms with Crippen molar-refractivity contribution < 1.29 is 8.42 Å². The van der Waals surface area contributed by atoms with E-state index in [4.69, 9.17) is 0 Å². The van der Waals surface area contributed by atoms with Gasteiger partial charge in [-0.15, -0.1) is 0 Å². The summed E-state index contributed by atoms with van der Waals surface area (Å²) in [6, 6.07) is 13.6. The van der Waals surface area contributed by atoms with Gasteiger partial charge < -0.3 is 10.6 Å². The Hall–Kier alpha value is -2.34. The predicted octanol–water partition coefficient (Wildman–Crippen LogP) is 2.66. The molecule has 0 aliphatic rings. The number of nitrogens with one attached hydrogen (secondary N) is 2. The van der Waals surface area contributed by atoms with Crippen LogP contribution in [0.5, 0.6) is 0 Å². The predicted molar refractivity (Wildman–Crippen MR) is 112 cm³/mol. The van der Waals surface area contributed by atoms with Crippen LogP contribution in [0.15, 0.2) is 52.4 Å². The summed E-state index contributed by atoms with van der Waals surface area (Å²) in [5, 5.41) is 6.62. The molecule has 0 amide bonds. The first kappa shape index (κ1) is 21.0. The number of sulfone groups is 1. The van der Waals surface area contributed by atoms with Crippen molar-refractivity contribution in [1.82, 2.24) is 10.6 Å². The minimum Gasteiger partial charge on any atom is -0.356 e. The zero-order valence-electron chi connectivity index (χ0n) is 16.5. The number of aliphatic imine (C=N–C) groups is 1. The normalized spacial score (nSPS) is 12.1. The van der Waals surface area contributed by atoms with Crippen LogP contribution in [-0.4, -0.2) is 40.8 Å². The van der Waals surface area contributed by atoms with E-state index < -0.39 is 9.84 Å². The zero-order valence-corrected chi connectivity index (χ0v) is 17.4. The summed E-state index contributed by atoms with van der Waals surface area (Å²) in [6.07, 6.45) is 2.95. The first-order valence-corrected chi connectivity index (χ1v) is 11.0. The van der Waals surface area contributed by atoms with Gasteiger partial charge in [-0.2, -0.15) is 0 Å². The van der Waals surface area contributed by atoms with E-state index in [9.17, 15) is 8.42 Å². The first-order valence-electron chi connectivity index (χ1n) is 9.08. The molecule has 146 valence electrons. The van der Waals surface area contributed by atoms with Crippen molar-refractivity contribution in [3.8, 4) is 0 Å². The molecule has 2 aromatic carbocycles. The molecule has 0 atom stereocenters. The molecule has 2 aromatic rings. The maximum Gasteiger partial charge on any atom is 0.190 e. The molecule has 0 unspecified atom stereocenters. The molecule has 0 bridgehead atoms. The van der Waals surface area contributed by atoms with Gasteiger partial charge in [0.15, 0.2) is 15.8 Å². The Morgan fingerprint density at radius 3 is 1.89 bits per heavy atom. The molecule has 2 rings (SSSR count). The lowest BCUT2D eigenvalue weighted by molar-refractivity contribution is 0.602. The highest BCUT2D eigenvalue weighted by molar-refractivity contribution is 7.90. The molecular formula is C21H29N3O2S. The summed E-state index contributed by atoms with van der Waals surface area (Å²) in [7, 11) is -1.38. The third kappa shape index (κ3) is 7.06. The molecule has 6 heteroatoms. The Bertz CT molecular complexity index is 868. The third-order valence-electron chi connectivity index (χ3n) is 4.27. The van der Waals surface area contributed by atoms with Crippen LogP contribution >= 0.6 is 0 Å². The summed E-state index contributed by atoms with van der Waals surface area (Å²) in [6.45, 7) is 5.77. The Labute approximate surface area is 162 Å². The quantitative estimate of drug-likeness (QED) is 0.566. The van der Waals surface area contributed by atoms with Crippen molar-refractivity contribution in [3.63, 3.8) is 0 Å². The van der Waals surface area contributed by atoms with Crippen molar-refractivity contribution in [3.05, 3.63) is 64.7 Å². The van der Waals surface area contributed by atoms with E-state index >= 15 is 0 Å². The summed E-state index contributed by atoms with van der Waals surface area (Å²) in [5.74, 6) is 0.770. The summed E-state index contributed by atoms with van der Waals surface area (Å²) >= 11 is 0. The molecule has 0 fully saturated rings. The topological polar surface area (TPSA) is 70.6 Å². The maximum atomic E-state index is 11.5. The molecule has 0 radical (unpaired) electrons. The fourth-order valence-corrected chi connectivity index (χ4v) is 3.62. The molecule has 0 saturated heterocycles. The second kappa shape index (κ2) is 9.55. The number of nitrogens with zero attached hydrogens (tertiary/aromatic N) is 1. The van der Waals surface area contributed by atoms with Gasteiger partial charge in [-0.25, -0.2) is 8.42 Å². The highest BCUT2D eigenvalue weighted by Gasteiger charge is 2.06. The molecular weight excluding hydrogens is 358 g/mol. The average molecular weight is 388 g/mol. The van der Waals surface area contributed by atoms with E-state index in [-0.39, 0.29) is 0 Å². The summed E-state index contributed by atoms with van der Waals surface area (Å²) in [4.78, 5) is 4.60. The standard InChI is InChI=1S/C21H29N3O2S/c1-16-13-17(2)15-19(14-16)10-12-24-21(22-3)23-11-9-18-5-7-20(8-6-18)27(4,25)26/h5-8,13-15H,9-12H2,1-4H3,(H2,22,23,24). The van der Waals surface area contributed by atoms with Gasteiger partial charge in [-0.05, 0) is 49.9 Å². The van der Waals surface area contributed by atoms with Crippen LogP contribution in [0.1, 0.15) is 22.3 Å². The van der Waals surface area contributed by atoms with E-state index in [1.807, 2.05) is 12.1 Å². The van der Waals surface area contributed by atoms with Gasteiger partial charge in [0.25, 0.3) is 0 Å². The van der Waals surface area contributed by atoms with Gasteiger partial charge in [0.2, 0.25) is 0 Å². The Balaban J connectivity index is 1.77. The lowest BCUT2D eigenvalue weighted by atomic mass is 10.1. The van der Waals surface area contributed by atoms with Crippen molar-refractivity contribution in [2.24, 2.45) is 4.99 Å². The lowest BCUT2D eigenvalue weighted by Crippen LogP contribution is -2.39. The van der Waals surface area contributed by atoms with E-state index in [0.29, 0.717) is 4.90 Å². The van der Waals surface area contributed by atoms with E-state index in [1.165, 1.54) is 22.9 Å². The fourth-order valence-electron chi connectivity index (χ4n) is 2.99. The number of guanidine groups is 1. The number of hydrogen-bond donors (Lipinski definition) is 2. The number of rotatable bonds is 7. The molecule has 0 aromatic heterocycles. The van der Waals surface area contributed by atoms with Crippen LogP contribution in [-0.2, 0) is 22.7 Å². The minimum absolute atomic E-state index is 0.350. The van der Waals surface area contributed by atoms with Crippen LogP contribution in [0.25, 0.3) is 0 Å². The second-order valence-corrected chi connectivity index (χ2v) is 8.85. The minimum atomic E-state index is -3.14. The van der Waals surface area contributed by atoms with Crippen LogP contribution in [0, 0.1) is 13.8 Å². The van der Waals surface area contributed by atoms with Gasteiger partial charge in [0, 0.05) is 26.4 Å². The van der Waals surface area contributed by atoms with E-state index in [0.717, 1.165) is 37.5 Å². The van der Waals surface area contributed by atoms with Crippen molar-refractivity contribution >= 4 is 15.8 Å². The van der Waals surface area contributed by atoms with Gasteiger partial charge in [0.1, 0.15) is 0 Å². The number of aryl methyl sites for hydroxylation is 2. The Kier molecular flexibility index (Phi) is 7.42. The van der Waals surface area contributed by atoms with Crippen LogP contribution in [0.2, 0.25) is 0 Å². The van der Waals surface area contributed by atoms with E-state index in [2.05, 4.69) is 47.7 Å². The highest BCUT2D eigenvalue weighted by atomic mass is 32.2. The molecule has 0 spiro atoms. The molecule has 2 N–H and O–H groups in total. The molecule has 5 nitrogen and oxygen atoms in total. The van der Waals surface area contributed by atoms with Crippen molar-refractivity contribution in [2.75, 3.05) is 26.4 Å². The molecule has 27 heavy (non-hydrogen) atoms. The van der Waals surface area contributed by atoms with Crippen LogP contribution < -0.4 is 10.6 Å². The number of hydrogen-bond acceptors (Lipinski definition) is 3. The van der Waals surface area contributed by atoms with Gasteiger partial charge >= 0.3 is 0 Å². The third-order valence-corrected chi connectivity index (χ3v) is 5.40. The smallest absolute Gasteiger partial charge is 0.190 e.